The van der Waals surface area contributed by atoms with Gasteiger partial charge >= 0.3 is 0 Å². The van der Waals surface area contributed by atoms with Crippen molar-refractivity contribution in [3.63, 3.8) is 0 Å². The van der Waals surface area contributed by atoms with E-state index in [1.165, 1.54) is 0 Å². The molecule has 0 bridgehead atoms. The number of ether oxygens (including phenoxy) is 3. The molecular formula is C26H24N2O6. The molecule has 2 aliphatic heterocycles. The lowest BCUT2D eigenvalue weighted by Gasteiger charge is -2.15. The van der Waals surface area contributed by atoms with Crippen molar-refractivity contribution in [1.29, 1.82) is 0 Å². The fourth-order valence-electron chi connectivity index (χ4n) is 4.84. The molecule has 0 saturated carbocycles. The maximum atomic E-state index is 10.1. The molecule has 0 spiro atoms. The number of aromatic nitrogens is 2. The van der Waals surface area contributed by atoms with Gasteiger partial charge in [-0.1, -0.05) is 30.3 Å². The molecule has 2 fully saturated rings. The zero-order chi connectivity index (χ0) is 23.4. The minimum Gasteiger partial charge on any atom is -0.507 e. The van der Waals surface area contributed by atoms with Crippen molar-refractivity contribution in [2.45, 2.75) is 31.3 Å². The molecule has 0 radical (unpaired) electrons. The summed E-state index contributed by atoms with van der Waals surface area (Å²) in [7, 11) is 0. The van der Waals surface area contributed by atoms with Crippen molar-refractivity contribution in [3.8, 4) is 39.8 Å². The van der Waals surface area contributed by atoms with Gasteiger partial charge in [0.25, 0.3) is 6.01 Å². The number of rotatable bonds is 4. The number of aryl methyl sites for hydroxylation is 1. The molecule has 3 aromatic carbocycles. The van der Waals surface area contributed by atoms with Gasteiger partial charge in [-0.2, -0.15) is 4.98 Å². The van der Waals surface area contributed by atoms with E-state index < -0.39 is 6.10 Å². The van der Waals surface area contributed by atoms with E-state index in [2.05, 4.69) is 9.97 Å². The Morgan fingerprint density at radius 1 is 0.941 bits per heavy atom. The number of H-pyrrole nitrogens is 1. The number of imidazole rings is 1. The second-order valence-electron chi connectivity index (χ2n) is 8.79. The van der Waals surface area contributed by atoms with E-state index in [-0.39, 0.29) is 36.4 Å². The number of benzene rings is 3. The van der Waals surface area contributed by atoms with Gasteiger partial charge in [-0.25, -0.2) is 0 Å². The minimum atomic E-state index is -0.624. The van der Waals surface area contributed by atoms with Crippen LogP contribution in [-0.4, -0.2) is 62.9 Å². The summed E-state index contributed by atoms with van der Waals surface area (Å²) in [5.41, 5.74) is 5.83. The van der Waals surface area contributed by atoms with E-state index in [1.54, 1.807) is 18.2 Å². The number of hydrogen-bond acceptors (Lipinski definition) is 7. The van der Waals surface area contributed by atoms with Crippen molar-refractivity contribution >= 4 is 11.0 Å². The van der Waals surface area contributed by atoms with E-state index in [4.69, 9.17) is 14.2 Å². The number of phenolic OH excluding ortho intramolecular Hbond substituents is 2. The lowest BCUT2D eigenvalue weighted by Crippen LogP contribution is -2.34. The lowest BCUT2D eigenvalue weighted by atomic mass is 9.96. The zero-order valence-corrected chi connectivity index (χ0v) is 18.4. The van der Waals surface area contributed by atoms with Crippen molar-refractivity contribution in [2.24, 2.45) is 0 Å². The summed E-state index contributed by atoms with van der Waals surface area (Å²) in [6.07, 6.45) is -1.62. The number of nitrogens with one attached hydrogen (secondary N) is 1. The van der Waals surface area contributed by atoms with Crippen LogP contribution in [0.3, 0.4) is 0 Å². The average molecular weight is 460 g/mol. The molecular weight excluding hydrogens is 436 g/mol. The standard InChI is InChI=1S/C26H24N2O6/c1-13-9-17-18(28-26(27-17)34-22-12-33-24-21(31)11-32-25(22)24)10-16(13)14-5-7-15(8-6-14)23-19(29)3-2-4-20(23)30/h2-10,21-22,24-25,29-31H,11-12H2,1H3,(H,27,28)/t21-,22-,24-,25-/m1/s1. The first kappa shape index (κ1) is 21.0. The monoisotopic (exact) mass is 460 g/mol. The molecule has 0 amide bonds. The maximum Gasteiger partial charge on any atom is 0.295 e. The SMILES string of the molecule is Cc1cc2[nH]c(O[C@@H]3CO[C@H]4[C@@H]3OC[C@H]4O)nc2cc1-c1ccc(-c2c(O)cccc2O)cc1. The van der Waals surface area contributed by atoms with Gasteiger partial charge in [0.05, 0.1) is 29.8 Å². The fourth-order valence-corrected chi connectivity index (χ4v) is 4.84. The van der Waals surface area contributed by atoms with E-state index in [0.717, 1.165) is 33.3 Å². The Kier molecular flexibility index (Phi) is 4.95. The van der Waals surface area contributed by atoms with Crippen molar-refractivity contribution in [1.82, 2.24) is 9.97 Å². The molecule has 2 aliphatic rings. The van der Waals surface area contributed by atoms with E-state index >= 15 is 0 Å². The van der Waals surface area contributed by atoms with Crippen LogP contribution >= 0.6 is 0 Å². The molecule has 4 aromatic rings. The Labute approximate surface area is 195 Å². The molecule has 1 aromatic heterocycles. The minimum absolute atomic E-state index is 0.0332. The fraction of sp³-hybridized carbons (Fsp3) is 0.269. The number of fused-ring (bicyclic) bond motifs is 2. The Balaban J connectivity index is 1.27. The summed E-state index contributed by atoms with van der Waals surface area (Å²) >= 11 is 0. The van der Waals surface area contributed by atoms with Crippen LogP contribution in [0.25, 0.3) is 33.3 Å². The molecule has 0 unspecified atom stereocenters. The lowest BCUT2D eigenvalue weighted by molar-refractivity contribution is 0.00706. The van der Waals surface area contributed by atoms with Crippen LogP contribution in [-0.2, 0) is 9.47 Å². The summed E-state index contributed by atoms with van der Waals surface area (Å²) in [6, 6.07) is 16.8. The summed E-state index contributed by atoms with van der Waals surface area (Å²) in [6.45, 7) is 2.62. The summed E-state index contributed by atoms with van der Waals surface area (Å²) in [4.78, 5) is 7.82. The van der Waals surface area contributed by atoms with Crippen molar-refractivity contribution in [3.05, 3.63) is 60.2 Å². The number of hydrogen-bond donors (Lipinski definition) is 4. The highest BCUT2D eigenvalue weighted by Gasteiger charge is 2.48. The third kappa shape index (κ3) is 3.47. The molecule has 2 saturated heterocycles. The van der Waals surface area contributed by atoms with E-state index in [0.29, 0.717) is 18.2 Å². The molecule has 4 N–H and O–H groups in total. The molecule has 8 nitrogen and oxygen atoms in total. The third-order valence-electron chi connectivity index (χ3n) is 6.56. The maximum absolute atomic E-state index is 10.1. The summed E-state index contributed by atoms with van der Waals surface area (Å²) in [5, 5.41) is 30.2. The van der Waals surface area contributed by atoms with Gasteiger partial charge in [0.1, 0.15) is 29.8 Å². The smallest absolute Gasteiger partial charge is 0.295 e. The molecule has 0 aliphatic carbocycles. The van der Waals surface area contributed by atoms with Crippen molar-refractivity contribution in [2.75, 3.05) is 13.2 Å². The summed E-state index contributed by atoms with van der Waals surface area (Å²) in [5.74, 6) is 0.0665. The second-order valence-corrected chi connectivity index (χ2v) is 8.79. The number of nitrogens with zero attached hydrogens (tertiary/aromatic N) is 1. The molecule has 6 rings (SSSR count). The number of aromatic amines is 1. The number of aliphatic hydroxyl groups excluding tert-OH is 1. The van der Waals surface area contributed by atoms with Crippen LogP contribution in [0.5, 0.6) is 17.5 Å². The highest BCUT2D eigenvalue weighted by atomic mass is 16.6. The largest absolute Gasteiger partial charge is 0.507 e. The van der Waals surface area contributed by atoms with Crippen LogP contribution in [0.1, 0.15) is 5.56 Å². The number of phenols is 2. The Morgan fingerprint density at radius 3 is 2.41 bits per heavy atom. The zero-order valence-electron chi connectivity index (χ0n) is 18.4. The average Bonchev–Trinajstić information content (AvgIpc) is 3.50. The van der Waals surface area contributed by atoms with Crippen LogP contribution < -0.4 is 4.74 Å². The van der Waals surface area contributed by atoms with Crippen LogP contribution in [0.4, 0.5) is 0 Å². The number of aliphatic hydroxyl groups is 1. The van der Waals surface area contributed by atoms with Gasteiger partial charge in [-0.15, -0.1) is 0 Å². The normalized spacial score (nSPS) is 23.9. The van der Waals surface area contributed by atoms with E-state index in [1.807, 2.05) is 43.3 Å². The first-order valence-electron chi connectivity index (χ1n) is 11.2. The predicted molar refractivity (Wildman–Crippen MR) is 125 cm³/mol. The molecule has 4 atom stereocenters. The van der Waals surface area contributed by atoms with Crippen LogP contribution in [0.2, 0.25) is 0 Å². The van der Waals surface area contributed by atoms with E-state index in [9.17, 15) is 15.3 Å². The topological polar surface area (TPSA) is 117 Å². The first-order valence-corrected chi connectivity index (χ1v) is 11.2. The molecule has 3 heterocycles. The number of aromatic hydroxyl groups is 2. The molecule has 34 heavy (non-hydrogen) atoms. The van der Waals surface area contributed by atoms with Gasteiger partial charge in [0.2, 0.25) is 0 Å². The Hall–Kier alpha value is -3.59. The third-order valence-corrected chi connectivity index (χ3v) is 6.56. The van der Waals surface area contributed by atoms with Gasteiger partial charge in [0.15, 0.2) is 6.10 Å². The first-order chi connectivity index (χ1) is 16.5. The van der Waals surface area contributed by atoms with Crippen LogP contribution in [0.15, 0.2) is 54.6 Å². The van der Waals surface area contributed by atoms with Crippen LogP contribution in [0, 0.1) is 6.92 Å². The Morgan fingerprint density at radius 2 is 1.65 bits per heavy atom. The quantitative estimate of drug-likeness (QED) is 0.368. The highest BCUT2D eigenvalue weighted by molar-refractivity contribution is 5.85. The summed E-state index contributed by atoms with van der Waals surface area (Å²) < 4.78 is 17.3. The van der Waals surface area contributed by atoms with Gasteiger partial charge in [-0.3, -0.25) is 0 Å². The predicted octanol–water partition coefficient (Wildman–Crippen LogP) is 3.52. The molecule has 174 valence electrons. The van der Waals surface area contributed by atoms with Gasteiger partial charge in [-0.05, 0) is 53.4 Å². The molecule has 8 heteroatoms. The van der Waals surface area contributed by atoms with Gasteiger partial charge < -0.3 is 34.5 Å². The second kappa shape index (κ2) is 8.02. The van der Waals surface area contributed by atoms with Crippen molar-refractivity contribution < 1.29 is 29.5 Å². The Bertz CT molecular complexity index is 1350. The van der Waals surface area contributed by atoms with Gasteiger partial charge in [0, 0.05) is 0 Å². The highest BCUT2D eigenvalue weighted by Crippen LogP contribution is 2.38.